The van der Waals surface area contributed by atoms with Crippen LogP contribution >= 0.6 is 0 Å². The van der Waals surface area contributed by atoms with E-state index in [9.17, 15) is 9.59 Å². The van der Waals surface area contributed by atoms with Crippen LogP contribution in [0.15, 0.2) is 42.5 Å². The van der Waals surface area contributed by atoms with Crippen LogP contribution in [0.3, 0.4) is 0 Å². The SMILES string of the molecule is CC[C@H](C)NC(=O)[C@@H](C)N(Cc1ccc(OC)cc1)C(=O)COc1cc(C)ccc1C. The summed E-state index contributed by atoms with van der Waals surface area (Å²) in [6, 6.07) is 12.8. The third kappa shape index (κ3) is 7.02. The highest BCUT2D eigenvalue weighted by molar-refractivity contribution is 5.88. The van der Waals surface area contributed by atoms with Gasteiger partial charge in [-0.1, -0.05) is 31.2 Å². The van der Waals surface area contributed by atoms with Crippen molar-refractivity contribution in [3.8, 4) is 11.5 Å². The second-order valence-electron chi connectivity index (χ2n) is 7.92. The fraction of sp³-hybridized carbons (Fsp3) is 0.440. The first-order valence-corrected chi connectivity index (χ1v) is 10.7. The molecule has 0 aliphatic heterocycles. The van der Waals surface area contributed by atoms with Crippen molar-refractivity contribution in [1.82, 2.24) is 10.2 Å². The first-order valence-electron chi connectivity index (χ1n) is 10.7. The number of ether oxygens (including phenoxy) is 2. The van der Waals surface area contributed by atoms with E-state index in [0.717, 1.165) is 28.9 Å². The van der Waals surface area contributed by atoms with Crippen LogP contribution in [0.4, 0.5) is 0 Å². The largest absolute Gasteiger partial charge is 0.497 e. The summed E-state index contributed by atoms with van der Waals surface area (Å²) in [6.45, 7) is 9.78. The highest BCUT2D eigenvalue weighted by Gasteiger charge is 2.27. The molecule has 0 aliphatic rings. The zero-order valence-corrected chi connectivity index (χ0v) is 19.4. The van der Waals surface area contributed by atoms with E-state index in [-0.39, 0.29) is 24.5 Å². The Labute approximate surface area is 185 Å². The van der Waals surface area contributed by atoms with Crippen LogP contribution in [-0.2, 0) is 16.1 Å². The molecule has 0 heterocycles. The van der Waals surface area contributed by atoms with Gasteiger partial charge >= 0.3 is 0 Å². The highest BCUT2D eigenvalue weighted by atomic mass is 16.5. The van der Waals surface area contributed by atoms with Crippen molar-refractivity contribution in [3.05, 3.63) is 59.2 Å². The van der Waals surface area contributed by atoms with Crippen LogP contribution in [0.5, 0.6) is 11.5 Å². The molecule has 31 heavy (non-hydrogen) atoms. The number of amides is 2. The molecule has 0 saturated heterocycles. The standard InChI is InChI=1S/C25H34N2O4/c1-7-19(4)26-25(29)20(5)27(15-21-10-12-22(30-6)13-11-21)24(28)16-31-23-14-17(2)8-9-18(23)3/h8-14,19-20H,7,15-16H2,1-6H3,(H,26,29)/t19-,20+/m0/s1. The van der Waals surface area contributed by atoms with Crippen LogP contribution in [0.2, 0.25) is 0 Å². The molecule has 2 aromatic rings. The Bertz CT molecular complexity index is 880. The molecule has 1 N–H and O–H groups in total. The van der Waals surface area contributed by atoms with E-state index < -0.39 is 6.04 Å². The van der Waals surface area contributed by atoms with Crippen LogP contribution in [0, 0.1) is 13.8 Å². The van der Waals surface area contributed by atoms with Crippen LogP contribution in [0.25, 0.3) is 0 Å². The van der Waals surface area contributed by atoms with E-state index in [1.165, 1.54) is 0 Å². The number of carbonyl (C=O) groups is 2. The van der Waals surface area contributed by atoms with E-state index in [2.05, 4.69) is 5.32 Å². The van der Waals surface area contributed by atoms with Gasteiger partial charge in [-0.2, -0.15) is 0 Å². The Morgan fingerprint density at radius 3 is 2.35 bits per heavy atom. The normalized spacial score (nSPS) is 12.6. The number of nitrogens with one attached hydrogen (secondary N) is 1. The minimum absolute atomic E-state index is 0.0408. The van der Waals surface area contributed by atoms with Gasteiger partial charge in [0.15, 0.2) is 6.61 Å². The van der Waals surface area contributed by atoms with Gasteiger partial charge in [0.05, 0.1) is 7.11 Å². The number of nitrogens with zero attached hydrogens (tertiary/aromatic N) is 1. The lowest BCUT2D eigenvalue weighted by atomic mass is 10.1. The lowest BCUT2D eigenvalue weighted by Gasteiger charge is -2.29. The summed E-state index contributed by atoms with van der Waals surface area (Å²) in [5, 5.41) is 2.97. The van der Waals surface area contributed by atoms with Gasteiger partial charge < -0.3 is 19.7 Å². The lowest BCUT2D eigenvalue weighted by Crippen LogP contribution is -2.50. The first kappa shape index (κ1) is 24.3. The van der Waals surface area contributed by atoms with Crippen LogP contribution in [0.1, 0.15) is 43.9 Å². The third-order valence-electron chi connectivity index (χ3n) is 5.38. The van der Waals surface area contributed by atoms with Crippen molar-refractivity contribution in [2.45, 2.75) is 59.7 Å². The maximum Gasteiger partial charge on any atom is 0.261 e. The number of hydrogen-bond acceptors (Lipinski definition) is 4. The molecule has 0 fully saturated rings. The Hall–Kier alpha value is -3.02. The van der Waals surface area contributed by atoms with Gasteiger partial charge in [-0.25, -0.2) is 0 Å². The Morgan fingerprint density at radius 1 is 1.06 bits per heavy atom. The summed E-state index contributed by atoms with van der Waals surface area (Å²) < 4.78 is 11.0. The van der Waals surface area contributed by atoms with E-state index in [4.69, 9.17) is 9.47 Å². The Kier molecular flexibility index (Phi) is 8.91. The molecule has 0 radical (unpaired) electrons. The fourth-order valence-corrected chi connectivity index (χ4v) is 3.06. The quantitative estimate of drug-likeness (QED) is 0.623. The second-order valence-corrected chi connectivity index (χ2v) is 7.92. The van der Waals surface area contributed by atoms with Crippen molar-refractivity contribution < 1.29 is 19.1 Å². The van der Waals surface area contributed by atoms with Crippen LogP contribution < -0.4 is 14.8 Å². The molecule has 2 rings (SSSR count). The maximum atomic E-state index is 13.1. The number of aryl methyl sites for hydroxylation is 2. The van der Waals surface area contributed by atoms with Gasteiger partial charge in [0.2, 0.25) is 5.91 Å². The van der Waals surface area contributed by atoms with Crippen molar-refractivity contribution in [3.63, 3.8) is 0 Å². The molecule has 0 bridgehead atoms. The van der Waals surface area contributed by atoms with Crippen molar-refractivity contribution in [2.24, 2.45) is 0 Å². The molecule has 2 aromatic carbocycles. The van der Waals surface area contributed by atoms with Gasteiger partial charge in [-0.3, -0.25) is 9.59 Å². The number of carbonyl (C=O) groups excluding carboxylic acids is 2. The average Bonchev–Trinajstić information content (AvgIpc) is 2.77. The predicted octanol–water partition coefficient (Wildman–Crippen LogP) is 4.02. The van der Waals surface area contributed by atoms with Gasteiger partial charge in [0, 0.05) is 12.6 Å². The highest BCUT2D eigenvalue weighted by Crippen LogP contribution is 2.20. The van der Waals surface area contributed by atoms with Crippen molar-refractivity contribution in [2.75, 3.05) is 13.7 Å². The summed E-state index contributed by atoms with van der Waals surface area (Å²) >= 11 is 0. The van der Waals surface area contributed by atoms with Crippen molar-refractivity contribution in [1.29, 1.82) is 0 Å². The smallest absolute Gasteiger partial charge is 0.261 e. The molecule has 6 heteroatoms. The predicted molar refractivity (Wildman–Crippen MR) is 122 cm³/mol. The molecule has 6 nitrogen and oxygen atoms in total. The molecular weight excluding hydrogens is 392 g/mol. The molecule has 168 valence electrons. The molecule has 0 saturated carbocycles. The van der Waals surface area contributed by atoms with Gasteiger partial charge in [-0.05, 0) is 69.0 Å². The Balaban J connectivity index is 2.18. The van der Waals surface area contributed by atoms with E-state index in [1.54, 1.807) is 18.9 Å². The van der Waals surface area contributed by atoms with Gasteiger partial charge in [0.25, 0.3) is 5.91 Å². The van der Waals surface area contributed by atoms with Gasteiger partial charge in [0.1, 0.15) is 17.5 Å². The summed E-state index contributed by atoms with van der Waals surface area (Å²) in [4.78, 5) is 27.5. The zero-order valence-electron chi connectivity index (χ0n) is 19.4. The number of rotatable bonds is 10. The monoisotopic (exact) mass is 426 g/mol. The summed E-state index contributed by atoms with van der Waals surface area (Å²) in [7, 11) is 1.61. The maximum absolute atomic E-state index is 13.1. The topological polar surface area (TPSA) is 67.9 Å². The van der Waals surface area contributed by atoms with Gasteiger partial charge in [-0.15, -0.1) is 0 Å². The second kappa shape index (κ2) is 11.4. The minimum Gasteiger partial charge on any atom is -0.497 e. The van der Waals surface area contributed by atoms with E-state index >= 15 is 0 Å². The summed E-state index contributed by atoms with van der Waals surface area (Å²) in [5.74, 6) is 0.989. The zero-order chi connectivity index (χ0) is 23.0. The van der Waals surface area contributed by atoms with Crippen molar-refractivity contribution >= 4 is 11.8 Å². The fourth-order valence-electron chi connectivity index (χ4n) is 3.06. The molecule has 0 unspecified atom stereocenters. The summed E-state index contributed by atoms with van der Waals surface area (Å²) in [5.41, 5.74) is 2.93. The van der Waals surface area contributed by atoms with E-state index in [1.807, 2.05) is 70.2 Å². The first-order chi connectivity index (χ1) is 14.7. The number of benzene rings is 2. The molecule has 0 aliphatic carbocycles. The Morgan fingerprint density at radius 2 is 1.74 bits per heavy atom. The van der Waals surface area contributed by atoms with E-state index in [0.29, 0.717) is 12.3 Å². The molecule has 2 amide bonds. The lowest BCUT2D eigenvalue weighted by molar-refractivity contribution is -0.142. The molecule has 0 spiro atoms. The number of hydrogen-bond donors (Lipinski definition) is 1. The molecular formula is C25H34N2O4. The summed E-state index contributed by atoms with van der Waals surface area (Å²) in [6.07, 6.45) is 0.820. The van der Waals surface area contributed by atoms with Crippen LogP contribution in [-0.4, -0.2) is 42.5 Å². The molecule has 0 aromatic heterocycles. The minimum atomic E-state index is -0.634. The average molecular weight is 427 g/mol. The number of methoxy groups -OCH3 is 1. The molecule has 2 atom stereocenters. The third-order valence-corrected chi connectivity index (χ3v) is 5.38.